The van der Waals surface area contributed by atoms with Crippen LogP contribution in [0.1, 0.15) is 63.3 Å². The van der Waals surface area contributed by atoms with Gasteiger partial charge in [-0.3, -0.25) is 0 Å². The van der Waals surface area contributed by atoms with Gasteiger partial charge in [0.2, 0.25) is 0 Å². The summed E-state index contributed by atoms with van der Waals surface area (Å²) in [5.41, 5.74) is 15.0. The molecular weight excluding hydrogens is 543 g/mol. The van der Waals surface area contributed by atoms with Gasteiger partial charge in [0.05, 0.1) is 5.52 Å². The van der Waals surface area contributed by atoms with E-state index in [-0.39, 0.29) is 17.5 Å². The zero-order valence-electron chi connectivity index (χ0n) is 26.9. The predicted molar refractivity (Wildman–Crippen MR) is 194 cm³/mol. The first kappa shape index (κ1) is 27.8. The molecule has 220 valence electrons. The molecule has 2 nitrogen and oxygen atoms in total. The lowest BCUT2D eigenvalue weighted by Gasteiger charge is -2.36. The average Bonchev–Trinajstić information content (AvgIpc) is 3.39. The highest BCUT2D eigenvalue weighted by Gasteiger charge is 2.41. The molecule has 2 aliphatic heterocycles. The van der Waals surface area contributed by atoms with Crippen LogP contribution in [-0.2, 0) is 10.8 Å². The summed E-state index contributed by atoms with van der Waals surface area (Å²) in [6.45, 7) is 16.3. The van der Waals surface area contributed by atoms with Crippen LogP contribution >= 0.6 is 0 Å². The molecule has 3 heteroatoms. The Kier molecular flexibility index (Phi) is 6.09. The number of fused-ring (bicyclic) bond motifs is 5. The van der Waals surface area contributed by atoms with E-state index in [2.05, 4.69) is 166 Å². The maximum Gasteiger partial charge on any atom is 0.251 e. The second-order valence-corrected chi connectivity index (χ2v) is 13.9. The number of anilines is 1. The smallest absolute Gasteiger partial charge is 0.251 e. The van der Waals surface area contributed by atoms with Crippen LogP contribution in [0.5, 0.6) is 0 Å². The Morgan fingerprint density at radius 1 is 0.711 bits per heavy atom. The van der Waals surface area contributed by atoms with E-state index < -0.39 is 0 Å². The number of rotatable bonds is 5. The van der Waals surface area contributed by atoms with Crippen molar-refractivity contribution >= 4 is 45.1 Å². The van der Waals surface area contributed by atoms with E-state index in [4.69, 9.17) is 0 Å². The molecule has 0 atom stereocenters. The molecule has 0 saturated carbocycles. The largest absolute Gasteiger partial charge is 0.357 e. The quantitative estimate of drug-likeness (QED) is 0.201. The van der Waals surface area contributed by atoms with Crippen LogP contribution in [0.4, 0.5) is 5.69 Å². The fourth-order valence-corrected chi connectivity index (χ4v) is 7.95. The lowest BCUT2D eigenvalue weighted by Crippen LogP contribution is -2.54. The van der Waals surface area contributed by atoms with Crippen LogP contribution < -0.4 is 16.2 Å². The monoisotopic (exact) mass is 582 g/mol. The standard InChI is InChI=1S/C42H39BN2/c1-7-15-34-27(2)44-36-20-14-21-38-39(36)43(34)35-26-31(42(5,6)29-18-12-9-13-19-29)25-33-32-24-30(22-23-37(32)45(38)40(33)35)41(3,4)28-16-10-8-11-17-28/h8-26,44H,2,7H2,1,3-6H3/b34-15+. The van der Waals surface area contributed by atoms with Crippen molar-refractivity contribution in [1.29, 1.82) is 0 Å². The van der Waals surface area contributed by atoms with Crippen molar-refractivity contribution < 1.29 is 0 Å². The Morgan fingerprint density at radius 2 is 1.36 bits per heavy atom. The number of hydrogen-bond donors (Lipinski definition) is 1. The van der Waals surface area contributed by atoms with E-state index in [0.717, 1.165) is 17.8 Å². The van der Waals surface area contributed by atoms with Gasteiger partial charge in [-0.25, -0.2) is 0 Å². The second-order valence-electron chi connectivity index (χ2n) is 13.9. The first-order valence-corrected chi connectivity index (χ1v) is 16.3. The van der Waals surface area contributed by atoms with Crippen LogP contribution in [0.15, 0.2) is 133 Å². The van der Waals surface area contributed by atoms with Crippen molar-refractivity contribution in [3.05, 3.63) is 155 Å². The molecular formula is C42H39BN2. The number of benzene rings is 5. The van der Waals surface area contributed by atoms with Crippen molar-refractivity contribution in [3.63, 3.8) is 0 Å². The topological polar surface area (TPSA) is 17.0 Å². The maximum absolute atomic E-state index is 4.53. The lowest BCUT2D eigenvalue weighted by atomic mass is 9.33. The summed E-state index contributed by atoms with van der Waals surface area (Å²) >= 11 is 0. The first-order chi connectivity index (χ1) is 21.7. The Balaban J connectivity index is 1.50. The van der Waals surface area contributed by atoms with Gasteiger partial charge in [-0.2, -0.15) is 0 Å². The van der Waals surface area contributed by atoms with Crippen molar-refractivity contribution in [1.82, 2.24) is 4.57 Å². The van der Waals surface area contributed by atoms with Gasteiger partial charge in [0.1, 0.15) is 0 Å². The average molecular weight is 583 g/mol. The zero-order chi connectivity index (χ0) is 31.1. The molecule has 2 aliphatic rings. The summed E-state index contributed by atoms with van der Waals surface area (Å²) in [6, 6.07) is 40.7. The third-order valence-electron chi connectivity index (χ3n) is 10.6. The maximum atomic E-state index is 4.53. The Morgan fingerprint density at radius 3 is 2.02 bits per heavy atom. The third kappa shape index (κ3) is 3.96. The molecule has 0 fully saturated rings. The van der Waals surface area contributed by atoms with E-state index in [9.17, 15) is 0 Å². The van der Waals surface area contributed by atoms with Crippen molar-refractivity contribution in [2.75, 3.05) is 5.32 Å². The molecule has 5 aromatic carbocycles. The van der Waals surface area contributed by atoms with E-state index in [0.29, 0.717) is 0 Å². The summed E-state index contributed by atoms with van der Waals surface area (Å²) in [6.07, 6.45) is 3.34. The minimum atomic E-state index is -0.181. The van der Waals surface area contributed by atoms with Gasteiger partial charge >= 0.3 is 0 Å². The molecule has 6 aromatic rings. The fraction of sp³-hybridized carbons (Fsp3) is 0.190. The zero-order valence-corrected chi connectivity index (χ0v) is 26.9. The molecule has 0 bridgehead atoms. The second kappa shape index (κ2) is 9.87. The van der Waals surface area contributed by atoms with Crippen LogP contribution in [0.3, 0.4) is 0 Å². The normalized spacial score (nSPS) is 15.1. The van der Waals surface area contributed by atoms with E-state index >= 15 is 0 Å². The highest BCUT2D eigenvalue weighted by molar-refractivity contribution is 6.95. The summed E-state index contributed by atoms with van der Waals surface area (Å²) in [4.78, 5) is 0. The molecule has 0 amide bonds. The highest BCUT2D eigenvalue weighted by Crippen LogP contribution is 2.43. The fourth-order valence-electron chi connectivity index (χ4n) is 7.95. The molecule has 1 aromatic heterocycles. The molecule has 0 unspecified atom stereocenters. The van der Waals surface area contributed by atoms with Gasteiger partial charge in [-0.05, 0) is 75.4 Å². The SMILES string of the molecule is C=C1Nc2cccc3c2B(/C1=C/CC)c1cc(C(C)(C)c2ccccc2)cc2c4cc(C(C)(C)c5ccccc5)ccc4n-3c12. The van der Waals surface area contributed by atoms with Crippen molar-refractivity contribution in [2.24, 2.45) is 0 Å². The summed E-state index contributed by atoms with van der Waals surface area (Å²) in [5.74, 6) is 0. The molecule has 1 N–H and O–H groups in total. The van der Waals surface area contributed by atoms with Gasteiger partial charge < -0.3 is 9.88 Å². The van der Waals surface area contributed by atoms with Gasteiger partial charge in [-0.15, -0.1) is 0 Å². The predicted octanol–water partition coefficient (Wildman–Crippen LogP) is 9.17. The van der Waals surface area contributed by atoms with E-state index in [1.54, 1.807) is 0 Å². The minimum absolute atomic E-state index is 0.121. The minimum Gasteiger partial charge on any atom is -0.357 e. The van der Waals surface area contributed by atoms with Gasteiger partial charge in [0.25, 0.3) is 6.71 Å². The lowest BCUT2D eigenvalue weighted by molar-refractivity contribution is 0.641. The van der Waals surface area contributed by atoms with Crippen LogP contribution in [-0.4, -0.2) is 11.3 Å². The first-order valence-electron chi connectivity index (χ1n) is 16.3. The number of allylic oxidation sites excluding steroid dienone is 2. The molecule has 8 rings (SSSR count). The number of nitrogens with zero attached hydrogens (tertiary/aromatic N) is 1. The van der Waals surface area contributed by atoms with E-state index in [1.165, 1.54) is 66.1 Å². The number of nitrogens with one attached hydrogen (secondary N) is 1. The van der Waals surface area contributed by atoms with E-state index in [1.807, 2.05) is 0 Å². The van der Waals surface area contributed by atoms with Crippen LogP contribution in [0.2, 0.25) is 0 Å². The molecule has 0 radical (unpaired) electrons. The van der Waals surface area contributed by atoms with Crippen molar-refractivity contribution in [2.45, 2.75) is 51.9 Å². The Hall–Kier alpha value is -4.76. The summed E-state index contributed by atoms with van der Waals surface area (Å²) in [7, 11) is 0. The molecule has 3 heterocycles. The molecule has 45 heavy (non-hydrogen) atoms. The number of aromatic nitrogens is 1. The Labute approximate surface area is 267 Å². The van der Waals surface area contributed by atoms with Gasteiger partial charge in [0, 0.05) is 44.2 Å². The van der Waals surface area contributed by atoms with Crippen LogP contribution in [0, 0.1) is 0 Å². The van der Waals surface area contributed by atoms with Gasteiger partial charge in [0.15, 0.2) is 0 Å². The summed E-state index contributed by atoms with van der Waals surface area (Å²) in [5, 5.41) is 6.31. The van der Waals surface area contributed by atoms with Crippen LogP contribution in [0.25, 0.3) is 27.5 Å². The third-order valence-corrected chi connectivity index (χ3v) is 10.6. The summed E-state index contributed by atoms with van der Waals surface area (Å²) < 4.78 is 2.53. The van der Waals surface area contributed by atoms with Crippen molar-refractivity contribution in [3.8, 4) is 5.69 Å². The molecule has 0 saturated heterocycles. The molecule has 0 spiro atoms. The number of hydrogen-bond acceptors (Lipinski definition) is 1. The molecule has 0 aliphatic carbocycles. The Bertz CT molecular complexity index is 2180. The highest BCUT2D eigenvalue weighted by atomic mass is 15.0. The van der Waals surface area contributed by atoms with Gasteiger partial charge in [-0.1, -0.05) is 126 Å².